The summed E-state index contributed by atoms with van der Waals surface area (Å²) in [5, 5.41) is 7.17. The van der Waals surface area contributed by atoms with E-state index in [2.05, 4.69) is 34.6 Å². The van der Waals surface area contributed by atoms with Gasteiger partial charge in [0, 0.05) is 19.6 Å². The summed E-state index contributed by atoms with van der Waals surface area (Å²) in [5.41, 5.74) is 0. The molecule has 5 nitrogen and oxygen atoms in total. The number of aliphatic imine (C=N–C) groups is 1. The Kier molecular flexibility index (Phi) is 8.07. The standard InChI is InChI=1S/C18H34N4O.HI/c1-19-18(21-15-11-14-9-10-17(15)23-14)20-12-16(22(2)3)13-7-5-4-6-8-13;/h13-17H,4-12H2,1-3H3,(H2,19,20,21);1H. The average molecular weight is 450 g/mol. The molecule has 0 amide bonds. The zero-order valence-electron chi connectivity index (χ0n) is 15.5. The van der Waals surface area contributed by atoms with Crippen molar-refractivity contribution in [3.63, 3.8) is 0 Å². The van der Waals surface area contributed by atoms with Crippen LogP contribution in [0, 0.1) is 5.92 Å². The van der Waals surface area contributed by atoms with Crippen LogP contribution in [0.1, 0.15) is 51.4 Å². The third-order valence-corrected chi connectivity index (χ3v) is 5.99. The molecule has 140 valence electrons. The topological polar surface area (TPSA) is 48.9 Å². The van der Waals surface area contributed by atoms with Gasteiger partial charge in [-0.05, 0) is 52.1 Å². The SMILES string of the molecule is CN=C(NCC(C1CCCCC1)N(C)C)NC1CC2CCC1O2.I. The zero-order chi connectivity index (χ0) is 16.2. The van der Waals surface area contributed by atoms with Crippen LogP contribution in [0.25, 0.3) is 0 Å². The van der Waals surface area contributed by atoms with Gasteiger partial charge in [-0.1, -0.05) is 19.3 Å². The Balaban J connectivity index is 0.00000208. The van der Waals surface area contributed by atoms with Crippen LogP contribution in [0.5, 0.6) is 0 Å². The van der Waals surface area contributed by atoms with E-state index in [-0.39, 0.29) is 24.0 Å². The smallest absolute Gasteiger partial charge is 0.191 e. The molecular formula is C18H35IN4O. The van der Waals surface area contributed by atoms with E-state index in [0.717, 1.165) is 24.8 Å². The minimum absolute atomic E-state index is 0. The van der Waals surface area contributed by atoms with Gasteiger partial charge < -0.3 is 20.3 Å². The number of guanidine groups is 1. The van der Waals surface area contributed by atoms with Crippen molar-refractivity contribution in [1.29, 1.82) is 0 Å². The summed E-state index contributed by atoms with van der Waals surface area (Å²) in [4.78, 5) is 6.82. The molecule has 0 radical (unpaired) electrons. The number of rotatable bonds is 5. The van der Waals surface area contributed by atoms with Crippen molar-refractivity contribution in [1.82, 2.24) is 15.5 Å². The molecule has 3 rings (SSSR count). The maximum atomic E-state index is 5.94. The fourth-order valence-corrected chi connectivity index (χ4v) is 4.65. The predicted molar refractivity (Wildman–Crippen MR) is 110 cm³/mol. The van der Waals surface area contributed by atoms with Gasteiger partial charge in [0.05, 0.1) is 18.2 Å². The Hall–Kier alpha value is -0.0800. The van der Waals surface area contributed by atoms with Crippen LogP contribution in [-0.4, -0.2) is 62.8 Å². The van der Waals surface area contributed by atoms with E-state index in [1.165, 1.54) is 44.9 Å². The van der Waals surface area contributed by atoms with Gasteiger partial charge >= 0.3 is 0 Å². The van der Waals surface area contributed by atoms with Gasteiger partial charge in [0.25, 0.3) is 0 Å². The minimum Gasteiger partial charge on any atom is -0.373 e. The molecule has 4 atom stereocenters. The molecular weight excluding hydrogens is 415 g/mol. The van der Waals surface area contributed by atoms with Crippen LogP contribution in [-0.2, 0) is 4.74 Å². The third kappa shape index (κ3) is 4.97. The maximum absolute atomic E-state index is 5.94. The molecule has 0 aromatic heterocycles. The van der Waals surface area contributed by atoms with Gasteiger partial charge in [-0.3, -0.25) is 4.99 Å². The van der Waals surface area contributed by atoms with E-state index in [1.807, 2.05) is 7.05 Å². The molecule has 0 spiro atoms. The molecule has 3 aliphatic rings. The van der Waals surface area contributed by atoms with E-state index in [1.54, 1.807) is 0 Å². The molecule has 4 unspecified atom stereocenters. The molecule has 2 heterocycles. The highest BCUT2D eigenvalue weighted by atomic mass is 127. The molecule has 2 saturated heterocycles. The molecule has 6 heteroatoms. The Morgan fingerprint density at radius 2 is 1.92 bits per heavy atom. The fourth-order valence-electron chi connectivity index (χ4n) is 4.65. The van der Waals surface area contributed by atoms with Crippen LogP contribution in [0.3, 0.4) is 0 Å². The highest BCUT2D eigenvalue weighted by Gasteiger charge is 2.41. The molecule has 0 aromatic carbocycles. The van der Waals surface area contributed by atoms with Crippen LogP contribution < -0.4 is 10.6 Å². The van der Waals surface area contributed by atoms with E-state index in [9.17, 15) is 0 Å². The lowest BCUT2D eigenvalue weighted by atomic mass is 9.83. The summed E-state index contributed by atoms with van der Waals surface area (Å²) >= 11 is 0. The van der Waals surface area contributed by atoms with E-state index in [0.29, 0.717) is 24.3 Å². The van der Waals surface area contributed by atoms with Gasteiger partial charge in [0.15, 0.2) is 5.96 Å². The lowest BCUT2D eigenvalue weighted by molar-refractivity contribution is 0.0991. The van der Waals surface area contributed by atoms with E-state index < -0.39 is 0 Å². The summed E-state index contributed by atoms with van der Waals surface area (Å²) in [6, 6.07) is 1.03. The van der Waals surface area contributed by atoms with Gasteiger partial charge in [0.2, 0.25) is 0 Å². The van der Waals surface area contributed by atoms with E-state index in [4.69, 9.17) is 4.74 Å². The number of ether oxygens (including phenoxy) is 1. The number of halogens is 1. The first-order valence-electron chi connectivity index (χ1n) is 9.46. The summed E-state index contributed by atoms with van der Waals surface area (Å²) in [6.45, 7) is 0.971. The molecule has 2 aliphatic heterocycles. The molecule has 1 saturated carbocycles. The number of hydrogen-bond donors (Lipinski definition) is 2. The quantitative estimate of drug-likeness (QED) is 0.384. The molecule has 3 fully saturated rings. The van der Waals surface area contributed by atoms with Crippen molar-refractivity contribution in [2.24, 2.45) is 10.9 Å². The van der Waals surface area contributed by atoms with Gasteiger partial charge in [-0.2, -0.15) is 0 Å². The lowest BCUT2D eigenvalue weighted by Gasteiger charge is -2.35. The summed E-state index contributed by atoms with van der Waals surface area (Å²) < 4.78 is 5.94. The maximum Gasteiger partial charge on any atom is 0.191 e. The highest BCUT2D eigenvalue weighted by Crippen LogP contribution is 2.34. The molecule has 2 N–H and O–H groups in total. The first-order valence-corrected chi connectivity index (χ1v) is 9.46. The summed E-state index contributed by atoms with van der Waals surface area (Å²) in [5.74, 6) is 1.75. The normalized spacial score (nSPS) is 31.8. The van der Waals surface area contributed by atoms with Gasteiger partial charge in [-0.15, -0.1) is 24.0 Å². The molecule has 24 heavy (non-hydrogen) atoms. The van der Waals surface area contributed by atoms with Crippen molar-refractivity contribution in [3.05, 3.63) is 0 Å². The molecule has 0 aromatic rings. The first-order chi connectivity index (χ1) is 11.2. The van der Waals surface area contributed by atoms with Crippen molar-refractivity contribution < 1.29 is 4.74 Å². The second-order valence-electron chi connectivity index (χ2n) is 7.74. The van der Waals surface area contributed by atoms with Crippen molar-refractivity contribution in [2.75, 3.05) is 27.7 Å². The number of nitrogens with one attached hydrogen (secondary N) is 2. The van der Waals surface area contributed by atoms with Crippen LogP contribution >= 0.6 is 24.0 Å². The fraction of sp³-hybridized carbons (Fsp3) is 0.944. The number of nitrogens with zero attached hydrogens (tertiary/aromatic N) is 2. The molecule has 2 bridgehead atoms. The van der Waals surface area contributed by atoms with Crippen molar-refractivity contribution in [3.8, 4) is 0 Å². The average Bonchev–Trinajstić information content (AvgIpc) is 3.17. The Labute approximate surface area is 164 Å². The molecule has 1 aliphatic carbocycles. The van der Waals surface area contributed by atoms with E-state index >= 15 is 0 Å². The van der Waals surface area contributed by atoms with Gasteiger partial charge in [-0.25, -0.2) is 0 Å². The highest BCUT2D eigenvalue weighted by molar-refractivity contribution is 14.0. The van der Waals surface area contributed by atoms with Crippen LogP contribution in [0.2, 0.25) is 0 Å². The zero-order valence-corrected chi connectivity index (χ0v) is 17.8. The first kappa shape index (κ1) is 20.2. The minimum atomic E-state index is 0. The largest absolute Gasteiger partial charge is 0.373 e. The monoisotopic (exact) mass is 450 g/mol. The second-order valence-corrected chi connectivity index (χ2v) is 7.74. The number of fused-ring (bicyclic) bond motifs is 2. The van der Waals surface area contributed by atoms with Crippen molar-refractivity contribution >= 4 is 29.9 Å². The Morgan fingerprint density at radius 3 is 2.46 bits per heavy atom. The van der Waals surface area contributed by atoms with Crippen LogP contribution in [0.15, 0.2) is 4.99 Å². The predicted octanol–water partition coefficient (Wildman–Crippen LogP) is 2.60. The Morgan fingerprint density at radius 1 is 1.17 bits per heavy atom. The van der Waals surface area contributed by atoms with Crippen LogP contribution in [0.4, 0.5) is 0 Å². The van der Waals surface area contributed by atoms with Crippen molar-refractivity contribution in [2.45, 2.75) is 75.7 Å². The summed E-state index contributed by atoms with van der Waals surface area (Å²) in [6.07, 6.45) is 11.4. The van der Waals surface area contributed by atoms with Gasteiger partial charge in [0.1, 0.15) is 0 Å². The number of likely N-dealkylation sites (N-methyl/N-ethyl adjacent to an activating group) is 1. The number of hydrogen-bond acceptors (Lipinski definition) is 3. The Bertz CT molecular complexity index is 412. The second kappa shape index (κ2) is 9.57. The summed E-state index contributed by atoms with van der Waals surface area (Å²) in [7, 11) is 6.29. The lowest BCUT2D eigenvalue weighted by Crippen LogP contribution is -2.52. The third-order valence-electron chi connectivity index (χ3n) is 5.99.